The highest BCUT2D eigenvalue weighted by Crippen LogP contribution is 2.37. The second kappa shape index (κ2) is 10.2. The van der Waals surface area contributed by atoms with E-state index in [1.165, 1.54) is 17.7 Å². The van der Waals surface area contributed by atoms with Crippen molar-refractivity contribution in [1.82, 2.24) is 14.4 Å². The second-order valence-electron chi connectivity index (χ2n) is 9.37. The predicted molar refractivity (Wildman–Crippen MR) is 124 cm³/mol. The normalized spacial score (nSPS) is 23.5. The van der Waals surface area contributed by atoms with Crippen LogP contribution in [0.15, 0.2) is 35.1 Å². The van der Waals surface area contributed by atoms with Gasteiger partial charge in [0.05, 0.1) is 13.2 Å². The molecule has 2 fully saturated rings. The van der Waals surface area contributed by atoms with Gasteiger partial charge in [-0.15, -0.1) is 0 Å². The first kappa shape index (κ1) is 22.9. The molecule has 0 unspecified atom stereocenters. The zero-order valence-corrected chi connectivity index (χ0v) is 19.2. The number of hydrogen-bond donors (Lipinski definition) is 1. The zero-order valence-electron chi connectivity index (χ0n) is 19.2. The first-order chi connectivity index (χ1) is 16.6. The van der Waals surface area contributed by atoms with Gasteiger partial charge in [0.2, 0.25) is 6.79 Å². The summed E-state index contributed by atoms with van der Waals surface area (Å²) in [5.41, 5.74) is 3.59. The molecule has 5 heterocycles. The van der Waals surface area contributed by atoms with Gasteiger partial charge in [-0.25, -0.2) is 0 Å². The van der Waals surface area contributed by atoms with Gasteiger partial charge in [0.25, 0.3) is 12.0 Å². The van der Waals surface area contributed by atoms with Gasteiger partial charge in [-0.2, -0.15) is 0 Å². The molecule has 9 nitrogen and oxygen atoms in total. The molecular weight excluding hydrogens is 438 g/mol. The van der Waals surface area contributed by atoms with Gasteiger partial charge in [-0.05, 0) is 36.1 Å². The standard InChI is InChI=1S/C24H29N3O4.CH2O2/c28-24-19(14-25-5-7-29-8-6-25)2-3-21-20-9-18(13-27(21)24)12-26(15-20)11-17-1-4-22-23(10-17)31-16-30-22;2-1-3/h1-4,10,18,20H,5-9,11-16H2;1H,(H,2,3)/t18-,20+;/m0./s1. The van der Waals surface area contributed by atoms with Crippen molar-refractivity contribution in [3.8, 4) is 11.5 Å². The highest BCUT2D eigenvalue weighted by atomic mass is 16.7. The third kappa shape index (κ3) is 4.82. The molecule has 2 saturated heterocycles. The fraction of sp³-hybridized carbons (Fsp3) is 0.520. The van der Waals surface area contributed by atoms with Crippen LogP contribution >= 0.6 is 0 Å². The largest absolute Gasteiger partial charge is 0.483 e. The Morgan fingerprint density at radius 3 is 2.59 bits per heavy atom. The molecule has 0 amide bonds. The molecule has 6 rings (SSSR count). The van der Waals surface area contributed by atoms with Crippen LogP contribution in [0.3, 0.4) is 0 Å². The third-order valence-electron chi connectivity index (χ3n) is 7.10. The lowest BCUT2D eigenvalue weighted by molar-refractivity contribution is -0.122. The Morgan fingerprint density at radius 2 is 1.76 bits per heavy atom. The number of pyridine rings is 1. The number of benzene rings is 1. The number of rotatable bonds is 4. The fourth-order valence-electron chi connectivity index (χ4n) is 5.64. The van der Waals surface area contributed by atoms with Crippen LogP contribution in [0, 0.1) is 5.92 Å². The van der Waals surface area contributed by atoms with Crippen LogP contribution in [0.5, 0.6) is 11.5 Å². The van der Waals surface area contributed by atoms with Crippen LogP contribution < -0.4 is 15.0 Å². The molecule has 0 spiro atoms. The Balaban J connectivity index is 0.000000764. The molecule has 2 atom stereocenters. The van der Waals surface area contributed by atoms with Crippen molar-refractivity contribution in [2.24, 2.45) is 5.92 Å². The maximum Gasteiger partial charge on any atom is 0.290 e. The van der Waals surface area contributed by atoms with Crippen LogP contribution in [0.2, 0.25) is 0 Å². The fourth-order valence-corrected chi connectivity index (χ4v) is 5.64. The Morgan fingerprint density at radius 1 is 0.971 bits per heavy atom. The predicted octanol–water partition coefficient (Wildman–Crippen LogP) is 1.73. The van der Waals surface area contributed by atoms with E-state index < -0.39 is 0 Å². The molecule has 0 radical (unpaired) electrons. The summed E-state index contributed by atoms with van der Waals surface area (Å²) in [6, 6.07) is 10.5. The first-order valence-electron chi connectivity index (χ1n) is 11.9. The Hall–Kier alpha value is -2.88. The van der Waals surface area contributed by atoms with Crippen molar-refractivity contribution in [3.63, 3.8) is 0 Å². The summed E-state index contributed by atoms with van der Waals surface area (Å²) in [7, 11) is 0. The van der Waals surface area contributed by atoms with Crippen molar-refractivity contribution in [3.05, 3.63) is 57.5 Å². The Bertz CT molecular complexity index is 1080. The Kier molecular flexibility index (Phi) is 6.85. The van der Waals surface area contributed by atoms with Crippen LogP contribution in [0.1, 0.15) is 29.2 Å². The molecule has 34 heavy (non-hydrogen) atoms. The molecule has 0 saturated carbocycles. The second-order valence-corrected chi connectivity index (χ2v) is 9.37. The average Bonchev–Trinajstić information content (AvgIpc) is 3.30. The third-order valence-corrected chi connectivity index (χ3v) is 7.10. The summed E-state index contributed by atoms with van der Waals surface area (Å²) < 4.78 is 18.5. The molecular formula is C25H31N3O6. The van der Waals surface area contributed by atoms with Gasteiger partial charge in [-0.1, -0.05) is 12.1 Å². The molecule has 9 heteroatoms. The minimum absolute atomic E-state index is 0.211. The highest BCUT2D eigenvalue weighted by Gasteiger charge is 2.35. The number of ether oxygens (including phenoxy) is 3. The van der Waals surface area contributed by atoms with E-state index in [1.54, 1.807) is 0 Å². The summed E-state index contributed by atoms with van der Waals surface area (Å²) >= 11 is 0. The van der Waals surface area contributed by atoms with E-state index in [2.05, 4.69) is 38.6 Å². The van der Waals surface area contributed by atoms with E-state index in [9.17, 15) is 4.79 Å². The van der Waals surface area contributed by atoms with Crippen LogP contribution in [0.25, 0.3) is 0 Å². The van der Waals surface area contributed by atoms with Crippen molar-refractivity contribution in [1.29, 1.82) is 0 Å². The minimum atomic E-state index is -0.250. The topological polar surface area (TPSA) is 93.5 Å². The van der Waals surface area contributed by atoms with Gasteiger partial charge < -0.3 is 23.9 Å². The van der Waals surface area contributed by atoms with E-state index >= 15 is 0 Å². The zero-order chi connectivity index (χ0) is 23.5. The quantitative estimate of drug-likeness (QED) is 0.677. The van der Waals surface area contributed by atoms with E-state index in [0.717, 1.165) is 76.1 Å². The molecule has 4 aliphatic heterocycles. The van der Waals surface area contributed by atoms with Gasteiger partial charge in [0.15, 0.2) is 11.5 Å². The van der Waals surface area contributed by atoms with Gasteiger partial charge >= 0.3 is 0 Å². The minimum Gasteiger partial charge on any atom is -0.483 e. The Labute approximate surface area is 198 Å². The van der Waals surface area contributed by atoms with E-state index in [4.69, 9.17) is 24.1 Å². The van der Waals surface area contributed by atoms with Crippen molar-refractivity contribution >= 4 is 6.47 Å². The van der Waals surface area contributed by atoms with Crippen LogP contribution in [-0.4, -0.2) is 72.1 Å². The molecule has 0 aliphatic carbocycles. The monoisotopic (exact) mass is 469 g/mol. The summed E-state index contributed by atoms with van der Waals surface area (Å²) in [5, 5.41) is 6.89. The number of likely N-dealkylation sites (tertiary alicyclic amines) is 1. The number of carboxylic acid groups (broad SMARTS) is 1. The number of morpholine rings is 1. The number of hydrogen-bond acceptors (Lipinski definition) is 7. The van der Waals surface area contributed by atoms with Gasteiger partial charge in [0.1, 0.15) is 0 Å². The maximum absolute atomic E-state index is 13.3. The highest BCUT2D eigenvalue weighted by molar-refractivity contribution is 5.44. The van der Waals surface area contributed by atoms with Crippen LogP contribution in [0.4, 0.5) is 0 Å². The molecule has 4 aliphatic rings. The molecule has 1 aromatic carbocycles. The number of carbonyl (C=O) groups is 1. The molecule has 1 aromatic heterocycles. The van der Waals surface area contributed by atoms with Gasteiger partial charge in [-0.3, -0.25) is 19.4 Å². The van der Waals surface area contributed by atoms with Gasteiger partial charge in [0, 0.05) is 63.0 Å². The lowest BCUT2D eigenvalue weighted by Gasteiger charge is -2.43. The summed E-state index contributed by atoms with van der Waals surface area (Å²) in [6.45, 7) is 7.88. The summed E-state index contributed by atoms with van der Waals surface area (Å²) in [4.78, 5) is 26.5. The lowest BCUT2D eigenvalue weighted by Crippen LogP contribution is -2.47. The molecule has 2 bridgehead atoms. The number of aromatic nitrogens is 1. The smallest absolute Gasteiger partial charge is 0.290 e. The van der Waals surface area contributed by atoms with E-state index in [1.807, 2.05) is 6.07 Å². The van der Waals surface area contributed by atoms with Crippen molar-refractivity contribution < 1.29 is 24.1 Å². The molecule has 1 N–H and O–H groups in total. The molecule has 182 valence electrons. The SMILES string of the molecule is O=CO.O=c1c(CN2CCOCC2)ccc2n1C[C@H]1C[C@@H]2CN(Cc2ccc3c(c2)OCO3)C1. The average molecular weight is 470 g/mol. The number of fused-ring (bicyclic) bond motifs is 5. The van der Waals surface area contributed by atoms with E-state index in [0.29, 0.717) is 18.6 Å². The maximum atomic E-state index is 13.3. The molecule has 2 aromatic rings. The van der Waals surface area contributed by atoms with Crippen molar-refractivity contribution in [2.75, 3.05) is 46.2 Å². The number of piperidine rings is 1. The lowest BCUT2D eigenvalue weighted by atomic mass is 9.82. The summed E-state index contributed by atoms with van der Waals surface area (Å²) in [5.74, 6) is 2.63. The van der Waals surface area contributed by atoms with E-state index in [-0.39, 0.29) is 12.0 Å². The van der Waals surface area contributed by atoms with Crippen LogP contribution in [-0.2, 0) is 29.2 Å². The summed E-state index contributed by atoms with van der Waals surface area (Å²) in [6.07, 6.45) is 1.18. The van der Waals surface area contributed by atoms with Crippen molar-refractivity contribution in [2.45, 2.75) is 32.0 Å². The first-order valence-corrected chi connectivity index (χ1v) is 11.9. The number of nitrogens with zero attached hydrogens (tertiary/aromatic N) is 3.